The number of benzene rings is 1. The topological polar surface area (TPSA) is 38.9 Å². The molecule has 6 heteroatoms. The summed E-state index contributed by atoms with van der Waals surface area (Å²) in [6.07, 6.45) is -2.80. The third-order valence-corrected chi connectivity index (χ3v) is 1.73. The highest BCUT2D eigenvalue weighted by Crippen LogP contribution is 2.21. The molecular formula is C9H5F3N2O. The molecule has 0 bridgehead atoms. The summed E-state index contributed by atoms with van der Waals surface area (Å²) in [7, 11) is 0. The summed E-state index contributed by atoms with van der Waals surface area (Å²) in [6, 6.07) is 5.15. The zero-order chi connectivity index (χ0) is 10.8. The van der Waals surface area contributed by atoms with Gasteiger partial charge in [0.1, 0.15) is 5.82 Å². The number of nitrogens with zero attached hydrogens (tertiary/aromatic N) is 2. The highest BCUT2D eigenvalue weighted by Gasteiger charge is 2.16. The molecule has 0 amide bonds. The SMILES string of the molecule is Fc1ccc(-c2noc(C(F)F)n2)cc1. The van der Waals surface area contributed by atoms with Crippen LogP contribution in [0.1, 0.15) is 12.3 Å². The highest BCUT2D eigenvalue weighted by atomic mass is 19.3. The number of alkyl halides is 2. The Morgan fingerprint density at radius 2 is 1.80 bits per heavy atom. The van der Waals surface area contributed by atoms with Crippen molar-refractivity contribution in [2.45, 2.75) is 6.43 Å². The molecule has 1 aromatic carbocycles. The third kappa shape index (κ3) is 1.98. The summed E-state index contributed by atoms with van der Waals surface area (Å²) in [5, 5.41) is 3.35. The van der Waals surface area contributed by atoms with Gasteiger partial charge in [0.2, 0.25) is 5.82 Å². The van der Waals surface area contributed by atoms with E-state index in [1.54, 1.807) is 0 Å². The van der Waals surface area contributed by atoms with Gasteiger partial charge in [-0.2, -0.15) is 13.8 Å². The first kappa shape index (κ1) is 9.70. The predicted molar refractivity (Wildman–Crippen MR) is 44.6 cm³/mol. The van der Waals surface area contributed by atoms with E-state index >= 15 is 0 Å². The van der Waals surface area contributed by atoms with E-state index in [0.29, 0.717) is 5.56 Å². The molecule has 0 spiro atoms. The fourth-order valence-corrected chi connectivity index (χ4v) is 1.04. The Bertz CT molecular complexity index is 453. The minimum atomic E-state index is -2.80. The van der Waals surface area contributed by atoms with Gasteiger partial charge in [-0.05, 0) is 24.3 Å². The average molecular weight is 214 g/mol. The van der Waals surface area contributed by atoms with Crippen molar-refractivity contribution >= 4 is 0 Å². The molecule has 0 saturated carbocycles. The van der Waals surface area contributed by atoms with Crippen molar-refractivity contribution in [2.24, 2.45) is 0 Å². The summed E-state index contributed by atoms with van der Waals surface area (Å²) in [4.78, 5) is 3.46. The van der Waals surface area contributed by atoms with Gasteiger partial charge in [-0.3, -0.25) is 0 Å². The smallest absolute Gasteiger partial charge is 0.315 e. The van der Waals surface area contributed by atoms with Crippen LogP contribution in [0.25, 0.3) is 11.4 Å². The molecule has 1 heterocycles. The lowest BCUT2D eigenvalue weighted by atomic mass is 10.2. The molecule has 0 fully saturated rings. The number of aromatic nitrogens is 2. The number of halogens is 3. The summed E-state index contributed by atoms with van der Waals surface area (Å²) in [6.45, 7) is 0. The van der Waals surface area contributed by atoms with E-state index in [-0.39, 0.29) is 5.82 Å². The van der Waals surface area contributed by atoms with Crippen molar-refractivity contribution in [3.63, 3.8) is 0 Å². The van der Waals surface area contributed by atoms with Crippen molar-refractivity contribution in [1.29, 1.82) is 0 Å². The fraction of sp³-hybridized carbons (Fsp3) is 0.111. The van der Waals surface area contributed by atoms with Gasteiger partial charge in [-0.1, -0.05) is 5.16 Å². The first-order chi connectivity index (χ1) is 7.16. The lowest BCUT2D eigenvalue weighted by molar-refractivity contribution is 0.106. The zero-order valence-electron chi connectivity index (χ0n) is 7.32. The maximum atomic E-state index is 12.6. The van der Waals surface area contributed by atoms with Crippen molar-refractivity contribution in [3.05, 3.63) is 36.0 Å². The second-order valence-corrected chi connectivity index (χ2v) is 2.76. The van der Waals surface area contributed by atoms with Crippen molar-refractivity contribution in [1.82, 2.24) is 10.1 Å². The van der Waals surface area contributed by atoms with Crippen LogP contribution in [0.15, 0.2) is 28.8 Å². The first-order valence-corrected chi connectivity index (χ1v) is 4.04. The minimum absolute atomic E-state index is 0.0188. The van der Waals surface area contributed by atoms with Gasteiger partial charge < -0.3 is 4.52 Å². The van der Waals surface area contributed by atoms with E-state index in [1.165, 1.54) is 24.3 Å². The molecule has 15 heavy (non-hydrogen) atoms. The fourth-order valence-electron chi connectivity index (χ4n) is 1.04. The molecule has 0 aliphatic rings. The monoisotopic (exact) mass is 214 g/mol. The van der Waals surface area contributed by atoms with Gasteiger partial charge in [-0.25, -0.2) is 4.39 Å². The van der Waals surface area contributed by atoms with Crippen LogP contribution in [-0.4, -0.2) is 10.1 Å². The van der Waals surface area contributed by atoms with E-state index in [2.05, 4.69) is 14.7 Å². The van der Waals surface area contributed by atoms with Crippen LogP contribution in [0, 0.1) is 5.82 Å². The zero-order valence-corrected chi connectivity index (χ0v) is 7.32. The Balaban J connectivity index is 2.33. The molecule has 2 rings (SSSR count). The van der Waals surface area contributed by atoms with Crippen LogP contribution < -0.4 is 0 Å². The van der Waals surface area contributed by atoms with Crippen LogP contribution >= 0.6 is 0 Å². The largest absolute Gasteiger partial charge is 0.333 e. The van der Waals surface area contributed by atoms with Crippen LogP contribution in [0.5, 0.6) is 0 Å². The van der Waals surface area contributed by atoms with Crippen LogP contribution in [0.4, 0.5) is 13.2 Å². The molecule has 78 valence electrons. The molecule has 0 radical (unpaired) electrons. The van der Waals surface area contributed by atoms with E-state index in [4.69, 9.17) is 0 Å². The molecule has 0 aliphatic carbocycles. The highest BCUT2D eigenvalue weighted by molar-refractivity contribution is 5.53. The van der Waals surface area contributed by atoms with Crippen molar-refractivity contribution in [2.75, 3.05) is 0 Å². The maximum Gasteiger partial charge on any atom is 0.315 e. The minimum Gasteiger partial charge on any atom is -0.333 e. The quantitative estimate of drug-likeness (QED) is 0.771. The Morgan fingerprint density at radius 1 is 1.13 bits per heavy atom. The maximum absolute atomic E-state index is 12.6. The first-order valence-electron chi connectivity index (χ1n) is 4.04. The normalized spacial score (nSPS) is 10.9. The van der Waals surface area contributed by atoms with Gasteiger partial charge in [0.15, 0.2) is 0 Å². The Morgan fingerprint density at radius 3 is 2.33 bits per heavy atom. The second-order valence-electron chi connectivity index (χ2n) is 2.76. The van der Waals surface area contributed by atoms with Crippen molar-refractivity contribution < 1.29 is 17.7 Å². The van der Waals surface area contributed by atoms with Crippen molar-refractivity contribution in [3.8, 4) is 11.4 Å². The van der Waals surface area contributed by atoms with E-state index in [9.17, 15) is 13.2 Å². The van der Waals surface area contributed by atoms with Gasteiger partial charge in [0, 0.05) is 5.56 Å². The predicted octanol–water partition coefficient (Wildman–Crippen LogP) is 2.81. The van der Waals surface area contributed by atoms with Gasteiger partial charge >= 0.3 is 6.43 Å². The summed E-state index contributed by atoms with van der Waals surface area (Å²) in [5.74, 6) is -1.14. The summed E-state index contributed by atoms with van der Waals surface area (Å²) in [5.41, 5.74) is 0.423. The molecule has 2 aromatic rings. The lowest BCUT2D eigenvalue weighted by Crippen LogP contribution is -1.84. The number of hydrogen-bond acceptors (Lipinski definition) is 3. The van der Waals surface area contributed by atoms with E-state index in [1.807, 2.05) is 0 Å². The molecule has 0 unspecified atom stereocenters. The van der Waals surface area contributed by atoms with Gasteiger partial charge in [-0.15, -0.1) is 0 Å². The molecule has 3 nitrogen and oxygen atoms in total. The number of hydrogen-bond donors (Lipinski definition) is 0. The standard InChI is InChI=1S/C9H5F3N2O/c10-6-3-1-5(2-4-6)8-13-9(7(11)12)15-14-8/h1-4,7H. The molecule has 1 aromatic heterocycles. The summed E-state index contributed by atoms with van der Waals surface area (Å²) < 4.78 is 41.1. The molecule has 0 saturated heterocycles. The van der Waals surface area contributed by atoms with Crippen LogP contribution in [0.3, 0.4) is 0 Å². The average Bonchev–Trinajstić information content (AvgIpc) is 2.68. The third-order valence-electron chi connectivity index (χ3n) is 1.73. The Hall–Kier alpha value is -1.85. The van der Waals surface area contributed by atoms with Gasteiger partial charge in [0.05, 0.1) is 0 Å². The lowest BCUT2D eigenvalue weighted by Gasteiger charge is -1.92. The van der Waals surface area contributed by atoms with E-state index < -0.39 is 18.1 Å². The molecule has 0 aliphatic heterocycles. The Kier molecular flexibility index (Phi) is 2.40. The summed E-state index contributed by atoms with van der Waals surface area (Å²) >= 11 is 0. The second kappa shape index (κ2) is 3.72. The van der Waals surface area contributed by atoms with Crippen LogP contribution in [-0.2, 0) is 0 Å². The number of rotatable bonds is 2. The Labute approximate surface area is 82.5 Å². The van der Waals surface area contributed by atoms with Gasteiger partial charge in [0.25, 0.3) is 5.89 Å². The van der Waals surface area contributed by atoms with E-state index in [0.717, 1.165) is 0 Å². The molecule has 0 atom stereocenters. The molecular weight excluding hydrogens is 209 g/mol. The van der Waals surface area contributed by atoms with Crippen LogP contribution in [0.2, 0.25) is 0 Å². The molecule has 0 N–H and O–H groups in total.